The SMILES string of the molecule is CC(=O)Nc1cccc(NC(=O)[C@@H]2CC[C@H](C(=O)O)C2)c1. The predicted molar refractivity (Wildman–Crippen MR) is 77.8 cm³/mol. The fourth-order valence-corrected chi connectivity index (χ4v) is 2.57. The van der Waals surface area contributed by atoms with Crippen LogP contribution in [0.15, 0.2) is 24.3 Å². The molecule has 1 aliphatic rings. The van der Waals surface area contributed by atoms with Gasteiger partial charge in [-0.3, -0.25) is 14.4 Å². The van der Waals surface area contributed by atoms with Crippen molar-refractivity contribution in [3.63, 3.8) is 0 Å². The van der Waals surface area contributed by atoms with Crippen molar-refractivity contribution < 1.29 is 19.5 Å². The summed E-state index contributed by atoms with van der Waals surface area (Å²) < 4.78 is 0. The number of aliphatic carboxylic acids is 1. The Hall–Kier alpha value is -2.37. The average Bonchev–Trinajstić information content (AvgIpc) is 2.88. The van der Waals surface area contributed by atoms with E-state index >= 15 is 0 Å². The van der Waals surface area contributed by atoms with Crippen LogP contribution < -0.4 is 10.6 Å². The van der Waals surface area contributed by atoms with Crippen LogP contribution in [0.3, 0.4) is 0 Å². The van der Waals surface area contributed by atoms with Gasteiger partial charge < -0.3 is 15.7 Å². The van der Waals surface area contributed by atoms with Gasteiger partial charge in [0.2, 0.25) is 11.8 Å². The molecule has 0 unspecified atom stereocenters. The van der Waals surface area contributed by atoms with E-state index in [1.165, 1.54) is 6.92 Å². The molecule has 3 N–H and O–H groups in total. The summed E-state index contributed by atoms with van der Waals surface area (Å²) in [6, 6.07) is 6.86. The second-order valence-corrected chi connectivity index (χ2v) is 5.30. The Morgan fingerprint density at radius 2 is 1.71 bits per heavy atom. The van der Waals surface area contributed by atoms with E-state index in [0.717, 1.165) is 0 Å². The first-order valence-corrected chi connectivity index (χ1v) is 6.87. The summed E-state index contributed by atoms with van der Waals surface area (Å²) >= 11 is 0. The Morgan fingerprint density at radius 3 is 2.29 bits per heavy atom. The van der Waals surface area contributed by atoms with E-state index in [2.05, 4.69) is 10.6 Å². The van der Waals surface area contributed by atoms with Crippen LogP contribution in [0.1, 0.15) is 26.2 Å². The molecule has 21 heavy (non-hydrogen) atoms. The number of amides is 2. The standard InChI is InChI=1S/C15H18N2O4/c1-9(18)16-12-3-2-4-13(8-12)17-14(19)10-5-6-11(7-10)15(20)21/h2-4,8,10-11H,5-7H2,1H3,(H,16,18)(H,17,19)(H,20,21)/t10-,11+/m1/s1. The molecule has 0 radical (unpaired) electrons. The van der Waals surface area contributed by atoms with Crippen molar-refractivity contribution in [1.29, 1.82) is 0 Å². The van der Waals surface area contributed by atoms with E-state index in [4.69, 9.17) is 5.11 Å². The lowest BCUT2D eigenvalue weighted by atomic mass is 10.0. The molecule has 0 aromatic heterocycles. The van der Waals surface area contributed by atoms with E-state index < -0.39 is 11.9 Å². The van der Waals surface area contributed by atoms with Gasteiger partial charge in [-0.15, -0.1) is 0 Å². The molecule has 1 aromatic rings. The van der Waals surface area contributed by atoms with Gasteiger partial charge in [-0.1, -0.05) is 6.07 Å². The molecular formula is C15H18N2O4. The Bertz CT molecular complexity index is 571. The minimum absolute atomic E-state index is 0.168. The molecule has 0 bridgehead atoms. The third kappa shape index (κ3) is 4.05. The van der Waals surface area contributed by atoms with Gasteiger partial charge in [-0.05, 0) is 37.5 Å². The molecule has 2 amide bonds. The maximum Gasteiger partial charge on any atom is 0.306 e. The number of benzene rings is 1. The topological polar surface area (TPSA) is 95.5 Å². The highest BCUT2D eigenvalue weighted by Gasteiger charge is 2.33. The first-order chi connectivity index (χ1) is 9.95. The Labute approximate surface area is 122 Å². The number of carbonyl (C=O) groups excluding carboxylic acids is 2. The van der Waals surface area contributed by atoms with Gasteiger partial charge in [0.1, 0.15) is 0 Å². The third-order valence-electron chi connectivity index (χ3n) is 3.60. The Morgan fingerprint density at radius 1 is 1.10 bits per heavy atom. The summed E-state index contributed by atoms with van der Waals surface area (Å²) in [6.45, 7) is 1.41. The zero-order chi connectivity index (χ0) is 15.4. The fourth-order valence-electron chi connectivity index (χ4n) is 2.57. The number of rotatable bonds is 4. The van der Waals surface area contributed by atoms with Gasteiger partial charge in [-0.25, -0.2) is 0 Å². The molecule has 2 rings (SSSR count). The van der Waals surface area contributed by atoms with Crippen molar-refractivity contribution in [2.75, 3.05) is 10.6 Å². The number of hydrogen-bond acceptors (Lipinski definition) is 3. The maximum atomic E-state index is 12.1. The molecule has 0 aliphatic heterocycles. The molecular weight excluding hydrogens is 272 g/mol. The van der Waals surface area contributed by atoms with Crippen LogP contribution in [0.4, 0.5) is 11.4 Å². The lowest BCUT2D eigenvalue weighted by Gasteiger charge is -2.12. The number of nitrogens with one attached hydrogen (secondary N) is 2. The monoisotopic (exact) mass is 290 g/mol. The smallest absolute Gasteiger partial charge is 0.306 e. The minimum Gasteiger partial charge on any atom is -0.481 e. The summed E-state index contributed by atoms with van der Waals surface area (Å²) in [5, 5.41) is 14.4. The highest BCUT2D eigenvalue weighted by molar-refractivity contribution is 5.95. The molecule has 1 saturated carbocycles. The van der Waals surface area contributed by atoms with Crippen molar-refractivity contribution in [2.45, 2.75) is 26.2 Å². The summed E-state index contributed by atoms with van der Waals surface area (Å²) in [7, 11) is 0. The molecule has 1 aromatic carbocycles. The van der Waals surface area contributed by atoms with E-state index in [0.29, 0.717) is 30.6 Å². The fraction of sp³-hybridized carbons (Fsp3) is 0.400. The van der Waals surface area contributed by atoms with E-state index in [1.54, 1.807) is 24.3 Å². The number of carboxylic acids is 1. The normalized spacial score (nSPS) is 20.8. The van der Waals surface area contributed by atoms with Crippen LogP contribution in [-0.2, 0) is 14.4 Å². The first kappa shape index (κ1) is 15.0. The zero-order valence-electron chi connectivity index (χ0n) is 11.8. The maximum absolute atomic E-state index is 12.1. The second-order valence-electron chi connectivity index (χ2n) is 5.30. The summed E-state index contributed by atoms with van der Waals surface area (Å²) in [4.78, 5) is 34.0. The lowest BCUT2D eigenvalue weighted by molar-refractivity contribution is -0.141. The molecule has 1 aliphatic carbocycles. The van der Waals surface area contributed by atoms with Crippen molar-refractivity contribution in [1.82, 2.24) is 0 Å². The quantitative estimate of drug-likeness (QED) is 0.791. The molecule has 1 fully saturated rings. The number of carbonyl (C=O) groups is 3. The van der Waals surface area contributed by atoms with Crippen LogP contribution in [0.5, 0.6) is 0 Å². The van der Waals surface area contributed by atoms with Gasteiger partial charge in [0.05, 0.1) is 5.92 Å². The summed E-state index contributed by atoms with van der Waals surface area (Å²) in [5.74, 6) is -1.88. The largest absolute Gasteiger partial charge is 0.481 e. The Balaban J connectivity index is 1.97. The zero-order valence-corrected chi connectivity index (χ0v) is 11.8. The highest BCUT2D eigenvalue weighted by atomic mass is 16.4. The lowest BCUT2D eigenvalue weighted by Crippen LogP contribution is -2.21. The van der Waals surface area contributed by atoms with Crippen LogP contribution in [0.2, 0.25) is 0 Å². The number of hydrogen-bond donors (Lipinski definition) is 3. The molecule has 6 nitrogen and oxygen atoms in total. The van der Waals surface area contributed by atoms with Crippen molar-refractivity contribution in [3.05, 3.63) is 24.3 Å². The van der Waals surface area contributed by atoms with E-state index in [-0.39, 0.29) is 17.7 Å². The summed E-state index contributed by atoms with van der Waals surface area (Å²) in [6.07, 6.45) is 1.51. The highest BCUT2D eigenvalue weighted by Crippen LogP contribution is 2.32. The van der Waals surface area contributed by atoms with Crippen LogP contribution >= 0.6 is 0 Å². The van der Waals surface area contributed by atoms with Crippen LogP contribution in [0, 0.1) is 11.8 Å². The molecule has 0 spiro atoms. The van der Waals surface area contributed by atoms with Crippen molar-refractivity contribution >= 4 is 29.2 Å². The van der Waals surface area contributed by atoms with Gasteiger partial charge in [0, 0.05) is 24.2 Å². The van der Waals surface area contributed by atoms with Gasteiger partial charge >= 0.3 is 5.97 Å². The van der Waals surface area contributed by atoms with Gasteiger partial charge in [0.25, 0.3) is 0 Å². The first-order valence-electron chi connectivity index (χ1n) is 6.87. The molecule has 112 valence electrons. The van der Waals surface area contributed by atoms with Crippen LogP contribution in [-0.4, -0.2) is 22.9 Å². The van der Waals surface area contributed by atoms with Crippen molar-refractivity contribution in [2.24, 2.45) is 11.8 Å². The van der Waals surface area contributed by atoms with Crippen molar-refractivity contribution in [3.8, 4) is 0 Å². The summed E-state index contributed by atoms with van der Waals surface area (Å²) in [5.41, 5.74) is 1.19. The minimum atomic E-state index is -0.835. The second kappa shape index (κ2) is 6.39. The molecule has 0 saturated heterocycles. The average molecular weight is 290 g/mol. The molecule has 0 heterocycles. The molecule has 2 atom stereocenters. The predicted octanol–water partition coefficient (Wildman–Crippen LogP) is 2.08. The van der Waals surface area contributed by atoms with Crippen LogP contribution in [0.25, 0.3) is 0 Å². The van der Waals surface area contributed by atoms with Gasteiger partial charge in [0.15, 0.2) is 0 Å². The Kier molecular flexibility index (Phi) is 4.57. The number of carboxylic acid groups (broad SMARTS) is 1. The van der Waals surface area contributed by atoms with E-state index in [1.807, 2.05) is 0 Å². The molecule has 6 heteroatoms. The number of anilines is 2. The van der Waals surface area contributed by atoms with E-state index in [9.17, 15) is 14.4 Å². The third-order valence-corrected chi connectivity index (χ3v) is 3.60. The van der Waals surface area contributed by atoms with Gasteiger partial charge in [-0.2, -0.15) is 0 Å².